The van der Waals surface area contributed by atoms with Gasteiger partial charge in [0.1, 0.15) is 6.07 Å². The quantitative estimate of drug-likeness (QED) is 0.682. The highest BCUT2D eigenvalue weighted by Gasteiger charge is 2.14. The predicted octanol–water partition coefficient (Wildman–Crippen LogP) is 0.536. The summed E-state index contributed by atoms with van der Waals surface area (Å²) in [5.41, 5.74) is -0.0366. The van der Waals surface area contributed by atoms with Crippen molar-refractivity contribution in [3.8, 4) is 6.07 Å². The van der Waals surface area contributed by atoms with Gasteiger partial charge in [-0.3, -0.25) is 4.79 Å². The third kappa shape index (κ3) is 0.944. The number of hydrogen-bond donors (Lipinski definition) is 2. The van der Waals surface area contributed by atoms with E-state index in [1.54, 1.807) is 0 Å². The molecule has 0 aliphatic carbocycles. The van der Waals surface area contributed by atoms with Crippen LogP contribution < -0.4 is 5.56 Å². The van der Waals surface area contributed by atoms with Gasteiger partial charge in [0.15, 0.2) is 0 Å². The number of carboxylic acids is 1. The van der Waals surface area contributed by atoms with Gasteiger partial charge in [0, 0.05) is 0 Å². The Morgan fingerprint density at radius 3 is 2.71 bits per heavy atom. The molecule has 0 atom stereocenters. The van der Waals surface area contributed by atoms with Crippen LogP contribution in [-0.2, 0) is 0 Å². The lowest BCUT2D eigenvalue weighted by atomic mass is 10.0. The standard InChI is InChI=1S/C9H4N2O3/c10-3-4-1-7-6(9(13)14)2-5(4)8(12)11-7/h1-2H,(H,11,12)(H,13,14). The van der Waals surface area contributed by atoms with Crippen LogP contribution >= 0.6 is 0 Å². The average Bonchev–Trinajstić information content (AvgIpc) is 2.16. The molecule has 2 N–H and O–H groups in total. The fourth-order valence-electron chi connectivity index (χ4n) is 1.35. The van der Waals surface area contributed by atoms with Crippen LogP contribution in [0.1, 0.15) is 15.9 Å². The first-order valence-corrected chi connectivity index (χ1v) is 3.76. The van der Waals surface area contributed by atoms with Crippen LogP contribution in [0.2, 0.25) is 0 Å². The second-order valence-electron chi connectivity index (χ2n) is 2.81. The van der Waals surface area contributed by atoms with Crippen molar-refractivity contribution in [2.45, 2.75) is 0 Å². The molecule has 68 valence electrons. The maximum atomic E-state index is 11.2. The van der Waals surface area contributed by atoms with Gasteiger partial charge in [0.2, 0.25) is 0 Å². The lowest BCUT2D eigenvalue weighted by Gasteiger charge is -2.04. The molecule has 5 heteroatoms. The largest absolute Gasteiger partial charge is 0.478 e. The molecule has 1 aromatic carbocycles. The lowest BCUT2D eigenvalue weighted by Crippen LogP contribution is -2.13. The van der Waals surface area contributed by atoms with E-state index < -0.39 is 11.5 Å². The van der Waals surface area contributed by atoms with E-state index in [-0.39, 0.29) is 22.0 Å². The third-order valence-corrected chi connectivity index (χ3v) is 2.00. The fraction of sp³-hybridized carbons (Fsp3) is 0. The number of fused-ring (bicyclic) bond motifs is 3. The fourth-order valence-corrected chi connectivity index (χ4v) is 1.35. The minimum atomic E-state index is -1.12. The number of carbonyl (C=O) groups is 1. The minimum absolute atomic E-state index is 0.0126. The van der Waals surface area contributed by atoms with Crippen molar-refractivity contribution in [2.75, 3.05) is 0 Å². The first-order chi connectivity index (χ1) is 6.63. The van der Waals surface area contributed by atoms with Gasteiger partial charge in [-0.2, -0.15) is 5.26 Å². The summed E-state index contributed by atoms with van der Waals surface area (Å²) in [7, 11) is 0. The van der Waals surface area contributed by atoms with Gasteiger partial charge in [-0.15, -0.1) is 0 Å². The maximum Gasteiger partial charge on any atom is 0.337 e. The van der Waals surface area contributed by atoms with Crippen molar-refractivity contribution < 1.29 is 9.90 Å². The SMILES string of the molecule is N#Cc1cc2[nH]c(=O)c1cc2C(=O)O. The van der Waals surface area contributed by atoms with E-state index in [0.29, 0.717) is 0 Å². The minimum Gasteiger partial charge on any atom is -0.478 e. The Kier molecular flexibility index (Phi) is 1.51. The molecule has 0 fully saturated rings. The predicted molar refractivity (Wildman–Crippen MR) is 47.4 cm³/mol. The molecule has 0 unspecified atom stereocenters. The number of pyridine rings is 2. The van der Waals surface area contributed by atoms with Gasteiger partial charge in [0.05, 0.1) is 22.0 Å². The number of H-pyrrole nitrogens is 1. The number of nitriles is 1. The molecule has 0 amide bonds. The highest BCUT2D eigenvalue weighted by atomic mass is 16.4. The molecular formula is C9H4N2O3. The molecule has 3 rings (SSSR count). The van der Waals surface area contributed by atoms with Gasteiger partial charge < -0.3 is 10.1 Å². The van der Waals surface area contributed by atoms with Gasteiger partial charge in [0.25, 0.3) is 5.56 Å². The zero-order chi connectivity index (χ0) is 10.3. The molecule has 0 aliphatic rings. The van der Waals surface area contributed by atoms with E-state index in [2.05, 4.69) is 4.98 Å². The first kappa shape index (κ1) is 8.26. The van der Waals surface area contributed by atoms with E-state index in [4.69, 9.17) is 10.4 Å². The summed E-state index contributed by atoms with van der Waals surface area (Å²) < 4.78 is 0. The number of benzene rings is 1. The van der Waals surface area contributed by atoms with Gasteiger partial charge >= 0.3 is 5.97 Å². The second kappa shape index (κ2) is 2.57. The Hall–Kier alpha value is -2.35. The Labute approximate surface area is 77.6 Å². The summed E-state index contributed by atoms with van der Waals surface area (Å²) in [6, 6.07) is 4.41. The summed E-state index contributed by atoms with van der Waals surface area (Å²) >= 11 is 0. The van der Waals surface area contributed by atoms with Crippen molar-refractivity contribution >= 4 is 16.9 Å². The molecule has 5 nitrogen and oxygen atoms in total. The molecule has 2 aromatic heterocycles. The van der Waals surface area contributed by atoms with Crippen molar-refractivity contribution in [1.29, 1.82) is 5.26 Å². The van der Waals surface area contributed by atoms with Crippen molar-refractivity contribution in [3.05, 3.63) is 33.6 Å². The monoisotopic (exact) mass is 188 g/mol. The van der Waals surface area contributed by atoms with Crippen LogP contribution in [0.25, 0.3) is 10.9 Å². The molecule has 0 radical (unpaired) electrons. The highest BCUT2D eigenvalue weighted by Crippen LogP contribution is 2.16. The number of nitrogens with one attached hydrogen (secondary N) is 1. The number of rotatable bonds is 1. The topological polar surface area (TPSA) is 94.0 Å². The summed E-state index contributed by atoms with van der Waals surface area (Å²) in [6.07, 6.45) is 0. The maximum absolute atomic E-state index is 11.2. The molecule has 14 heavy (non-hydrogen) atoms. The molecule has 0 aliphatic heterocycles. The van der Waals surface area contributed by atoms with Crippen molar-refractivity contribution in [2.24, 2.45) is 0 Å². The van der Waals surface area contributed by atoms with E-state index >= 15 is 0 Å². The molecule has 3 aromatic rings. The second-order valence-corrected chi connectivity index (χ2v) is 2.81. The number of aromatic amines is 1. The van der Waals surface area contributed by atoms with Gasteiger partial charge in [-0.1, -0.05) is 0 Å². The Morgan fingerprint density at radius 1 is 1.50 bits per heavy atom. The van der Waals surface area contributed by atoms with Crippen molar-refractivity contribution in [3.63, 3.8) is 0 Å². The Morgan fingerprint density at radius 2 is 2.21 bits per heavy atom. The van der Waals surface area contributed by atoms with Crippen LogP contribution in [0.15, 0.2) is 16.9 Å². The van der Waals surface area contributed by atoms with Crippen LogP contribution in [0, 0.1) is 11.3 Å². The van der Waals surface area contributed by atoms with Gasteiger partial charge in [-0.05, 0) is 12.1 Å². The Bertz CT molecular complexity index is 606. The van der Waals surface area contributed by atoms with Crippen LogP contribution in [0.5, 0.6) is 0 Å². The van der Waals surface area contributed by atoms with E-state index in [9.17, 15) is 9.59 Å². The molecule has 2 bridgehead atoms. The van der Waals surface area contributed by atoms with Crippen LogP contribution in [-0.4, -0.2) is 16.1 Å². The Balaban J connectivity index is 2.92. The normalized spacial score (nSPS) is 10.2. The summed E-state index contributed by atoms with van der Waals surface area (Å²) in [5, 5.41) is 17.5. The number of aromatic nitrogens is 1. The van der Waals surface area contributed by atoms with Crippen molar-refractivity contribution in [1.82, 2.24) is 4.98 Å². The summed E-state index contributed by atoms with van der Waals surface area (Å²) in [5.74, 6) is -1.12. The summed E-state index contributed by atoms with van der Waals surface area (Å²) in [4.78, 5) is 24.3. The van der Waals surface area contributed by atoms with E-state index in [1.165, 1.54) is 12.1 Å². The van der Waals surface area contributed by atoms with Crippen LogP contribution in [0.4, 0.5) is 0 Å². The molecule has 2 heterocycles. The molecule has 0 spiro atoms. The lowest BCUT2D eigenvalue weighted by molar-refractivity contribution is 0.0699. The number of aromatic carboxylic acids is 1. The van der Waals surface area contributed by atoms with E-state index in [0.717, 1.165) is 0 Å². The zero-order valence-corrected chi connectivity index (χ0v) is 6.87. The third-order valence-electron chi connectivity index (χ3n) is 2.00. The molecule has 0 saturated carbocycles. The number of hydrogen-bond acceptors (Lipinski definition) is 3. The number of carboxylic acid groups (broad SMARTS) is 1. The first-order valence-electron chi connectivity index (χ1n) is 3.76. The average molecular weight is 188 g/mol. The van der Waals surface area contributed by atoms with Gasteiger partial charge in [-0.25, -0.2) is 4.79 Å². The van der Waals surface area contributed by atoms with Crippen LogP contribution in [0.3, 0.4) is 0 Å². The number of nitrogens with zero attached hydrogens (tertiary/aromatic N) is 1. The smallest absolute Gasteiger partial charge is 0.337 e. The summed E-state index contributed by atoms with van der Waals surface area (Å²) in [6.45, 7) is 0. The zero-order valence-electron chi connectivity index (χ0n) is 6.87. The molecular weight excluding hydrogens is 184 g/mol. The highest BCUT2D eigenvalue weighted by molar-refractivity contribution is 5.99. The molecule has 0 saturated heterocycles. The van der Waals surface area contributed by atoms with E-state index in [1.807, 2.05) is 6.07 Å².